The van der Waals surface area contributed by atoms with Crippen molar-refractivity contribution in [3.63, 3.8) is 0 Å². The summed E-state index contributed by atoms with van der Waals surface area (Å²) in [4.78, 5) is 16.2. The average Bonchev–Trinajstić information content (AvgIpc) is 2.39. The van der Waals surface area contributed by atoms with Gasteiger partial charge in [-0.05, 0) is 26.2 Å². The van der Waals surface area contributed by atoms with Gasteiger partial charge in [0.05, 0.1) is 25.4 Å². The van der Waals surface area contributed by atoms with Crippen molar-refractivity contribution in [3.8, 4) is 0 Å². The van der Waals surface area contributed by atoms with Crippen LogP contribution in [0.4, 0.5) is 0 Å². The van der Waals surface area contributed by atoms with E-state index in [0.717, 1.165) is 32.5 Å². The Hall–Kier alpha value is -0.650. The SMILES string of the molecule is CC1CN(CC(=O)N2CCCCC2)CC(CO)O1. The molecule has 0 saturated carbocycles. The van der Waals surface area contributed by atoms with E-state index in [1.165, 1.54) is 6.42 Å². The second kappa shape index (κ2) is 6.50. The van der Waals surface area contributed by atoms with Crippen LogP contribution in [0.3, 0.4) is 0 Å². The zero-order chi connectivity index (χ0) is 13.0. The first-order chi connectivity index (χ1) is 8.69. The Kier molecular flexibility index (Phi) is 4.97. The Morgan fingerprint density at radius 2 is 2.00 bits per heavy atom. The van der Waals surface area contributed by atoms with Gasteiger partial charge >= 0.3 is 0 Å². The molecule has 104 valence electrons. The van der Waals surface area contributed by atoms with Crippen LogP contribution in [0.5, 0.6) is 0 Å². The summed E-state index contributed by atoms with van der Waals surface area (Å²) in [7, 11) is 0. The molecule has 5 nitrogen and oxygen atoms in total. The molecule has 1 amide bonds. The predicted octanol–water partition coefficient (Wildman–Crippen LogP) is 0.0805. The maximum Gasteiger partial charge on any atom is 0.236 e. The number of hydrogen-bond donors (Lipinski definition) is 1. The van der Waals surface area contributed by atoms with Gasteiger partial charge in [0.15, 0.2) is 0 Å². The highest BCUT2D eigenvalue weighted by molar-refractivity contribution is 5.78. The lowest BCUT2D eigenvalue weighted by atomic mass is 10.1. The van der Waals surface area contributed by atoms with Crippen LogP contribution in [0.25, 0.3) is 0 Å². The van der Waals surface area contributed by atoms with Gasteiger partial charge in [-0.3, -0.25) is 9.69 Å². The van der Waals surface area contributed by atoms with Crippen molar-refractivity contribution in [3.05, 3.63) is 0 Å². The molecule has 2 heterocycles. The fraction of sp³-hybridized carbons (Fsp3) is 0.923. The van der Waals surface area contributed by atoms with Crippen LogP contribution in [-0.4, -0.2) is 72.4 Å². The van der Waals surface area contributed by atoms with Gasteiger partial charge in [0.1, 0.15) is 0 Å². The third-order valence-electron chi connectivity index (χ3n) is 3.67. The van der Waals surface area contributed by atoms with E-state index in [0.29, 0.717) is 13.1 Å². The van der Waals surface area contributed by atoms with E-state index in [4.69, 9.17) is 9.84 Å². The highest BCUT2D eigenvalue weighted by atomic mass is 16.5. The summed E-state index contributed by atoms with van der Waals surface area (Å²) in [5, 5.41) is 9.16. The maximum absolute atomic E-state index is 12.1. The summed E-state index contributed by atoms with van der Waals surface area (Å²) in [5.41, 5.74) is 0. The van der Waals surface area contributed by atoms with Gasteiger partial charge in [-0.2, -0.15) is 0 Å². The van der Waals surface area contributed by atoms with Crippen LogP contribution >= 0.6 is 0 Å². The van der Waals surface area contributed by atoms with Gasteiger partial charge in [0, 0.05) is 26.2 Å². The molecular formula is C13H24N2O3. The molecule has 0 aromatic heterocycles. The van der Waals surface area contributed by atoms with Crippen LogP contribution in [0.15, 0.2) is 0 Å². The smallest absolute Gasteiger partial charge is 0.236 e. The first-order valence-electron chi connectivity index (χ1n) is 6.95. The predicted molar refractivity (Wildman–Crippen MR) is 68.3 cm³/mol. The molecule has 0 radical (unpaired) electrons. The number of nitrogens with zero attached hydrogens (tertiary/aromatic N) is 2. The molecule has 2 saturated heterocycles. The number of morpholine rings is 1. The largest absolute Gasteiger partial charge is 0.394 e. The van der Waals surface area contributed by atoms with Crippen molar-refractivity contribution in [2.75, 3.05) is 39.3 Å². The second-order valence-corrected chi connectivity index (χ2v) is 5.39. The zero-order valence-electron chi connectivity index (χ0n) is 11.2. The maximum atomic E-state index is 12.1. The van der Waals surface area contributed by atoms with E-state index in [-0.39, 0.29) is 24.7 Å². The molecule has 2 aliphatic heterocycles. The summed E-state index contributed by atoms with van der Waals surface area (Å²) < 4.78 is 5.58. The van der Waals surface area contributed by atoms with Crippen LogP contribution in [0.2, 0.25) is 0 Å². The number of amides is 1. The van der Waals surface area contributed by atoms with Gasteiger partial charge < -0.3 is 14.7 Å². The van der Waals surface area contributed by atoms with Crippen molar-refractivity contribution in [2.24, 2.45) is 0 Å². The molecule has 0 aromatic rings. The van der Waals surface area contributed by atoms with Crippen molar-refractivity contribution in [1.82, 2.24) is 9.80 Å². The Morgan fingerprint density at radius 3 is 2.67 bits per heavy atom. The van der Waals surface area contributed by atoms with E-state index < -0.39 is 0 Å². The standard InChI is InChI=1S/C13H24N2O3/c1-11-7-14(8-12(10-16)18-11)9-13(17)15-5-3-2-4-6-15/h11-12,16H,2-10H2,1H3. The summed E-state index contributed by atoms with van der Waals surface area (Å²) in [6.07, 6.45) is 3.44. The Balaban J connectivity index is 1.82. The van der Waals surface area contributed by atoms with E-state index in [1.54, 1.807) is 0 Å². The number of hydrogen-bond acceptors (Lipinski definition) is 4. The monoisotopic (exact) mass is 256 g/mol. The molecule has 2 atom stereocenters. The molecule has 2 rings (SSSR count). The number of likely N-dealkylation sites (tertiary alicyclic amines) is 1. The lowest BCUT2D eigenvalue weighted by molar-refractivity contribution is -0.138. The van der Waals surface area contributed by atoms with E-state index in [9.17, 15) is 4.79 Å². The molecule has 0 aliphatic carbocycles. The first kappa shape index (κ1) is 13.8. The molecule has 2 aliphatic rings. The van der Waals surface area contributed by atoms with Crippen molar-refractivity contribution < 1.29 is 14.6 Å². The van der Waals surface area contributed by atoms with Crippen molar-refractivity contribution in [2.45, 2.75) is 38.4 Å². The fourth-order valence-electron chi connectivity index (χ4n) is 2.81. The minimum Gasteiger partial charge on any atom is -0.394 e. The topological polar surface area (TPSA) is 53.0 Å². The summed E-state index contributed by atoms with van der Waals surface area (Å²) in [6, 6.07) is 0. The van der Waals surface area contributed by atoms with E-state index in [1.807, 2.05) is 11.8 Å². The van der Waals surface area contributed by atoms with Gasteiger partial charge in [-0.15, -0.1) is 0 Å². The number of carbonyl (C=O) groups is 1. The number of aliphatic hydroxyl groups is 1. The van der Waals surface area contributed by atoms with Crippen molar-refractivity contribution >= 4 is 5.91 Å². The van der Waals surface area contributed by atoms with Gasteiger partial charge in [-0.25, -0.2) is 0 Å². The quantitative estimate of drug-likeness (QED) is 0.777. The molecule has 2 unspecified atom stereocenters. The lowest BCUT2D eigenvalue weighted by Crippen LogP contribution is -2.52. The molecule has 0 spiro atoms. The summed E-state index contributed by atoms with van der Waals surface area (Å²) >= 11 is 0. The lowest BCUT2D eigenvalue weighted by Gasteiger charge is -2.37. The Labute approximate surface area is 109 Å². The van der Waals surface area contributed by atoms with Crippen LogP contribution in [0.1, 0.15) is 26.2 Å². The fourth-order valence-corrected chi connectivity index (χ4v) is 2.81. The second-order valence-electron chi connectivity index (χ2n) is 5.39. The number of rotatable bonds is 3. The highest BCUT2D eigenvalue weighted by Crippen LogP contribution is 2.13. The van der Waals surface area contributed by atoms with Gasteiger partial charge in [0.2, 0.25) is 5.91 Å². The summed E-state index contributed by atoms with van der Waals surface area (Å²) in [5.74, 6) is 0.223. The van der Waals surface area contributed by atoms with E-state index >= 15 is 0 Å². The molecule has 2 fully saturated rings. The summed E-state index contributed by atoms with van der Waals surface area (Å²) in [6.45, 7) is 5.71. The van der Waals surface area contributed by atoms with Crippen LogP contribution < -0.4 is 0 Å². The molecule has 5 heteroatoms. The van der Waals surface area contributed by atoms with E-state index in [2.05, 4.69) is 4.90 Å². The minimum absolute atomic E-state index is 0.0265. The number of piperidine rings is 1. The third kappa shape index (κ3) is 3.67. The molecule has 18 heavy (non-hydrogen) atoms. The van der Waals surface area contributed by atoms with Crippen LogP contribution in [-0.2, 0) is 9.53 Å². The Morgan fingerprint density at radius 1 is 1.28 bits per heavy atom. The number of aliphatic hydroxyl groups excluding tert-OH is 1. The van der Waals surface area contributed by atoms with Crippen LogP contribution in [0, 0.1) is 0 Å². The molecule has 0 aromatic carbocycles. The van der Waals surface area contributed by atoms with Crippen molar-refractivity contribution in [1.29, 1.82) is 0 Å². The highest BCUT2D eigenvalue weighted by Gasteiger charge is 2.27. The normalized spacial score (nSPS) is 30.4. The molecular weight excluding hydrogens is 232 g/mol. The molecule has 0 bridgehead atoms. The third-order valence-corrected chi connectivity index (χ3v) is 3.67. The van der Waals surface area contributed by atoms with Gasteiger partial charge in [-0.1, -0.05) is 0 Å². The average molecular weight is 256 g/mol. The number of ether oxygens (including phenoxy) is 1. The first-order valence-corrected chi connectivity index (χ1v) is 6.95. The Bertz CT molecular complexity index is 279. The van der Waals surface area contributed by atoms with Gasteiger partial charge in [0.25, 0.3) is 0 Å². The zero-order valence-corrected chi connectivity index (χ0v) is 11.2. The molecule has 1 N–H and O–H groups in total. The number of carbonyl (C=O) groups excluding carboxylic acids is 1. The minimum atomic E-state index is -0.150.